The second-order valence-electron chi connectivity index (χ2n) is 5.06. The predicted molar refractivity (Wildman–Crippen MR) is 71.6 cm³/mol. The first-order valence-electron chi connectivity index (χ1n) is 6.37. The van der Waals surface area contributed by atoms with Crippen molar-refractivity contribution >= 4 is 0 Å². The highest BCUT2D eigenvalue weighted by Gasteiger charge is 2.14. The lowest BCUT2D eigenvalue weighted by Gasteiger charge is -2.25. The summed E-state index contributed by atoms with van der Waals surface area (Å²) in [7, 11) is 0. The molecule has 1 rings (SSSR count). The van der Waals surface area contributed by atoms with Gasteiger partial charge < -0.3 is 5.32 Å². The lowest BCUT2D eigenvalue weighted by Crippen LogP contribution is -2.35. The minimum absolute atomic E-state index is 0.437. The van der Waals surface area contributed by atoms with Gasteiger partial charge in [0.2, 0.25) is 0 Å². The zero-order valence-corrected chi connectivity index (χ0v) is 11.2. The molecule has 0 aliphatic heterocycles. The third-order valence-corrected chi connectivity index (χ3v) is 3.25. The fourth-order valence-electron chi connectivity index (χ4n) is 2.14. The lowest BCUT2D eigenvalue weighted by molar-refractivity contribution is 0.356. The zero-order valence-electron chi connectivity index (χ0n) is 11.2. The van der Waals surface area contributed by atoms with Gasteiger partial charge in [-0.3, -0.25) is 0 Å². The Bertz CT molecular complexity index is 317. The average Bonchev–Trinajstić information content (AvgIpc) is 2.25. The van der Waals surface area contributed by atoms with Crippen molar-refractivity contribution in [1.29, 1.82) is 0 Å². The maximum absolute atomic E-state index is 3.71. The number of nitrogens with one attached hydrogen (secondary N) is 1. The Kier molecular flexibility index (Phi) is 5.01. The summed E-state index contributed by atoms with van der Waals surface area (Å²) in [6.07, 6.45) is 1.19. The van der Waals surface area contributed by atoms with Crippen LogP contribution in [-0.2, 0) is 0 Å². The maximum Gasteiger partial charge on any atom is 0.0294 e. The molecule has 0 bridgehead atoms. The van der Waals surface area contributed by atoms with Crippen LogP contribution in [0.3, 0.4) is 0 Å². The molecule has 90 valence electrons. The highest BCUT2D eigenvalue weighted by Crippen LogP contribution is 2.17. The van der Waals surface area contributed by atoms with Crippen molar-refractivity contribution in [2.45, 2.75) is 53.1 Å². The monoisotopic (exact) mass is 219 g/mol. The van der Waals surface area contributed by atoms with E-state index in [1.165, 1.54) is 17.5 Å². The van der Waals surface area contributed by atoms with E-state index in [1.54, 1.807) is 0 Å². The van der Waals surface area contributed by atoms with E-state index in [1.807, 2.05) is 0 Å². The fraction of sp³-hybridized carbons (Fsp3) is 0.600. The fourth-order valence-corrected chi connectivity index (χ4v) is 2.14. The molecule has 0 saturated carbocycles. The molecule has 0 aliphatic carbocycles. The third kappa shape index (κ3) is 3.64. The van der Waals surface area contributed by atoms with Crippen molar-refractivity contribution in [3.8, 4) is 0 Å². The van der Waals surface area contributed by atoms with Crippen LogP contribution in [-0.4, -0.2) is 6.04 Å². The molecule has 0 aromatic heterocycles. The Morgan fingerprint density at radius 3 is 2.38 bits per heavy atom. The summed E-state index contributed by atoms with van der Waals surface area (Å²) in [6.45, 7) is 11.2. The third-order valence-electron chi connectivity index (χ3n) is 3.25. The SMILES string of the molecule is CCC(NC(C)c1cccc(C)c1)C(C)C. The van der Waals surface area contributed by atoms with Gasteiger partial charge in [0.1, 0.15) is 0 Å². The van der Waals surface area contributed by atoms with Gasteiger partial charge in [-0.25, -0.2) is 0 Å². The smallest absolute Gasteiger partial charge is 0.0294 e. The summed E-state index contributed by atoms with van der Waals surface area (Å²) in [6, 6.07) is 9.81. The quantitative estimate of drug-likeness (QED) is 0.787. The number of hydrogen-bond acceptors (Lipinski definition) is 1. The second-order valence-corrected chi connectivity index (χ2v) is 5.06. The van der Waals surface area contributed by atoms with Crippen LogP contribution in [0.15, 0.2) is 24.3 Å². The Labute approximate surface area is 100 Å². The van der Waals surface area contributed by atoms with Crippen molar-refractivity contribution in [2.75, 3.05) is 0 Å². The average molecular weight is 219 g/mol. The Hall–Kier alpha value is -0.820. The van der Waals surface area contributed by atoms with Crippen molar-refractivity contribution in [3.63, 3.8) is 0 Å². The molecule has 1 nitrogen and oxygen atoms in total. The van der Waals surface area contributed by atoms with Gasteiger partial charge in [-0.15, -0.1) is 0 Å². The number of benzene rings is 1. The van der Waals surface area contributed by atoms with E-state index >= 15 is 0 Å². The molecule has 1 N–H and O–H groups in total. The largest absolute Gasteiger partial charge is 0.307 e. The van der Waals surface area contributed by atoms with E-state index in [9.17, 15) is 0 Å². The molecule has 0 radical (unpaired) electrons. The molecule has 2 atom stereocenters. The van der Waals surface area contributed by atoms with Crippen LogP contribution in [0.4, 0.5) is 0 Å². The molecule has 0 spiro atoms. The molecule has 1 aromatic rings. The topological polar surface area (TPSA) is 12.0 Å². The van der Waals surface area contributed by atoms with E-state index in [4.69, 9.17) is 0 Å². The first kappa shape index (κ1) is 13.2. The highest BCUT2D eigenvalue weighted by atomic mass is 14.9. The normalized spacial score (nSPS) is 15.1. The molecule has 0 amide bonds. The summed E-state index contributed by atoms with van der Waals surface area (Å²) < 4.78 is 0. The van der Waals surface area contributed by atoms with Gasteiger partial charge in [0, 0.05) is 12.1 Å². The zero-order chi connectivity index (χ0) is 12.1. The first-order valence-corrected chi connectivity index (χ1v) is 6.37. The van der Waals surface area contributed by atoms with Crippen molar-refractivity contribution in [1.82, 2.24) is 5.32 Å². The Morgan fingerprint density at radius 1 is 1.19 bits per heavy atom. The molecule has 1 heteroatoms. The standard InChI is InChI=1S/C15H25N/c1-6-15(11(2)3)16-13(5)14-9-7-8-12(4)10-14/h7-11,13,15-16H,6H2,1-5H3. The van der Waals surface area contributed by atoms with Crippen LogP contribution < -0.4 is 5.32 Å². The van der Waals surface area contributed by atoms with Crippen LogP contribution in [0.25, 0.3) is 0 Å². The predicted octanol–water partition coefficient (Wildman–Crippen LogP) is 4.08. The molecule has 0 aliphatic rings. The molecule has 0 heterocycles. The molecular weight excluding hydrogens is 194 g/mol. The van der Waals surface area contributed by atoms with Crippen molar-refractivity contribution in [2.24, 2.45) is 5.92 Å². The van der Waals surface area contributed by atoms with E-state index in [0.717, 1.165) is 0 Å². The molecule has 0 saturated heterocycles. The van der Waals surface area contributed by atoms with E-state index < -0.39 is 0 Å². The Balaban J connectivity index is 2.67. The van der Waals surface area contributed by atoms with Gasteiger partial charge >= 0.3 is 0 Å². The molecule has 16 heavy (non-hydrogen) atoms. The minimum atomic E-state index is 0.437. The van der Waals surface area contributed by atoms with Gasteiger partial charge in [0.05, 0.1) is 0 Å². The molecule has 0 fully saturated rings. The summed E-state index contributed by atoms with van der Waals surface area (Å²) in [4.78, 5) is 0. The minimum Gasteiger partial charge on any atom is -0.307 e. The van der Waals surface area contributed by atoms with Crippen molar-refractivity contribution < 1.29 is 0 Å². The number of rotatable bonds is 5. The van der Waals surface area contributed by atoms with Crippen LogP contribution in [0.5, 0.6) is 0 Å². The Morgan fingerprint density at radius 2 is 1.88 bits per heavy atom. The van der Waals surface area contributed by atoms with Crippen LogP contribution in [0.1, 0.15) is 51.3 Å². The first-order chi connectivity index (χ1) is 7.54. The highest BCUT2D eigenvalue weighted by molar-refractivity contribution is 5.24. The summed E-state index contributed by atoms with van der Waals surface area (Å²) >= 11 is 0. The van der Waals surface area contributed by atoms with Gasteiger partial charge in [-0.1, -0.05) is 50.6 Å². The van der Waals surface area contributed by atoms with Gasteiger partial charge in [-0.2, -0.15) is 0 Å². The van der Waals surface area contributed by atoms with Crippen LogP contribution in [0, 0.1) is 12.8 Å². The number of hydrogen-bond donors (Lipinski definition) is 1. The summed E-state index contributed by atoms with van der Waals surface area (Å²) in [5, 5.41) is 3.71. The van der Waals surface area contributed by atoms with E-state index in [-0.39, 0.29) is 0 Å². The maximum atomic E-state index is 3.71. The van der Waals surface area contributed by atoms with Gasteiger partial charge in [-0.05, 0) is 31.7 Å². The summed E-state index contributed by atoms with van der Waals surface area (Å²) in [5.41, 5.74) is 2.72. The number of aryl methyl sites for hydroxylation is 1. The second kappa shape index (κ2) is 6.05. The summed E-state index contributed by atoms with van der Waals surface area (Å²) in [5.74, 6) is 0.692. The molecular formula is C15H25N. The van der Waals surface area contributed by atoms with E-state index in [0.29, 0.717) is 18.0 Å². The van der Waals surface area contributed by atoms with Gasteiger partial charge in [0.15, 0.2) is 0 Å². The van der Waals surface area contributed by atoms with Crippen LogP contribution in [0.2, 0.25) is 0 Å². The van der Waals surface area contributed by atoms with Crippen molar-refractivity contribution in [3.05, 3.63) is 35.4 Å². The van der Waals surface area contributed by atoms with Crippen LogP contribution >= 0.6 is 0 Å². The van der Waals surface area contributed by atoms with E-state index in [2.05, 4.69) is 64.2 Å². The lowest BCUT2D eigenvalue weighted by atomic mass is 9.98. The van der Waals surface area contributed by atoms with Gasteiger partial charge in [0.25, 0.3) is 0 Å². The molecule has 1 aromatic carbocycles. The molecule has 2 unspecified atom stereocenters.